The first-order chi connectivity index (χ1) is 11.0. The Kier molecular flexibility index (Phi) is 3.80. The van der Waals surface area contributed by atoms with Gasteiger partial charge in [-0.2, -0.15) is 0 Å². The summed E-state index contributed by atoms with van der Waals surface area (Å²) in [6, 6.07) is 13.2. The molecule has 0 aliphatic carbocycles. The molecule has 3 rings (SSSR count). The zero-order valence-electron chi connectivity index (χ0n) is 12.1. The zero-order chi connectivity index (χ0) is 16.4. The number of rotatable bonds is 4. The molecule has 3 N–H and O–H groups in total. The van der Waals surface area contributed by atoms with E-state index in [2.05, 4.69) is 5.32 Å². The summed E-state index contributed by atoms with van der Waals surface area (Å²) in [5.41, 5.74) is 7.28. The van der Waals surface area contributed by atoms with E-state index in [9.17, 15) is 14.4 Å². The number of carbonyl (C=O) groups excluding carboxylic acids is 3. The molecule has 0 radical (unpaired) electrons. The number of hydrogen-bond donors (Lipinski definition) is 2. The predicted octanol–water partition coefficient (Wildman–Crippen LogP) is 2.03. The Bertz CT molecular complexity index is 783. The van der Waals surface area contributed by atoms with E-state index in [1.807, 2.05) is 0 Å². The molecule has 2 amide bonds. The van der Waals surface area contributed by atoms with Gasteiger partial charge >= 0.3 is 5.97 Å². The third kappa shape index (κ3) is 3.06. The second-order valence-corrected chi connectivity index (χ2v) is 5.18. The maximum absolute atomic E-state index is 12.1. The van der Waals surface area contributed by atoms with Gasteiger partial charge in [-0.15, -0.1) is 0 Å². The summed E-state index contributed by atoms with van der Waals surface area (Å²) >= 11 is 0. The minimum Gasteiger partial charge on any atom is -0.453 e. The molecule has 1 aliphatic rings. The van der Waals surface area contributed by atoms with E-state index in [0.29, 0.717) is 16.8 Å². The lowest BCUT2D eigenvalue weighted by Gasteiger charge is -2.11. The lowest BCUT2D eigenvalue weighted by Crippen LogP contribution is -2.16. The molecule has 0 fully saturated rings. The van der Waals surface area contributed by atoms with Crippen LogP contribution in [0.4, 0.5) is 5.69 Å². The van der Waals surface area contributed by atoms with Crippen molar-refractivity contribution in [2.45, 2.75) is 12.5 Å². The first kappa shape index (κ1) is 14.8. The second-order valence-electron chi connectivity index (χ2n) is 5.18. The molecular weight excluding hydrogens is 296 g/mol. The molecule has 0 spiro atoms. The number of primary amides is 1. The van der Waals surface area contributed by atoms with Crippen LogP contribution in [0.25, 0.3) is 0 Å². The van der Waals surface area contributed by atoms with Gasteiger partial charge in [-0.1, -0.05) is 18.2 Å². The number of ether oxygens (including phenoxy) is 1. The Morgan fingerprint density at radius 2 is 1.78 bits per heavy atom. The summed E-state index contributed by atoms with van der Waals surface area (Å²) in [6.07, 6.45) is -0.552. The highest BCUT2D eigenvalue weighted by Crippen LogP contribution is 2.32. The highest BCUT2D eigenvalue weighted by Gasteiger charge is 2.31. The minimum atomic E-state index is -0.580. The van der Waals surface area contributed by atoms with Crippen molar-refractivity contribution in [2.75, 3.05) is 5.32 Å². The van der Waals surface area contributed by atoms with Crippen molar-refractivity contribution >= 4 is 23.5 Å². The summed E-state index contributed by atoms with van der Waals surface area (Å²) in [5.74, 6) is -1.23. The number of nitrogens with two attached hydrogens (primary N) is 1. The average molecular weight is 310 g/mol. The fourth-order valence-electron chi connectivity index (χ4n) is 2.47. The topological polar surface area (TPSA) is 98.5 Å². The van der Waals surface area contributed by atoms with E-state index < -0.39 is 18.0 Å². The fourth-order valence-corrected chi connectivity index (χ4v) is 2.47. The number of esters is 1. The van der Waals surface area contributed by atoms with Gasteiger partial charge in [-0.05, 0) is 30.3 Å². The first-order valence-corrected chi connectivity index (χ1v) is 7.04. The van der Waals surface area contributed by atoms with Crippen LogP contribution in [-0.4, -0.2) is 17.8 Å². The van der Waals surface area contributed by atoms with Gasteiger partial charge in [0.2, 0.25) is 11.8 Å². The lowest BCUT2D eigenvalue weighted by atomic mass is 10.0. The molecule has 6 heteroatoms. The van der Waals surface area contributed by atoms with Crippen LogP contribution in [0.3, 0.4) is 0 Å². The van der Waals surface area contributed by atoms with Crippen LogP contribution in [0, 0.1) is 0 Å². The second kappa shape index (κ2) is 5.92. The number of cyclic esters (lactones) is 1. The van der Waals surface area contributed by atoms with Gasteiger partial charge in [0, 0.05) is 16.8 Å². The van der Waals surface area contributed by atoms with Gasteiger partial charge < -0.3 is 15.8 Å². The van der Waals surface area contributed by atoms with Crippen LogP contribution in [-0.2, 0) is 9.53 Å². The number of hydrogen-bond acceptors (Lipinski definition) is 4. The molecule has 1 atom stereocenters. The van der Waals surface area contributed by atoms with Crippen LogP contribution in [0.1, 0.15) is 38.8 Å². The van der Waals surface area contributed by atoms with Crippen LogP contribution >= 0.6 is 0 Å². The van der Waals surface area contributed by atoms with Gasteiger partial charge in [-0.25, -0.2) is 4.79 Å². The third-order valence-electron chi connectivity index (χ3n) is 3.60. The van der Waals surface area contributed by atoms with Crippen LogP contribution < -0.4 is 11.1 Å². The highest BCUT2D eigenvalue weighted by molar-refractivity contribution is 5.97. The van der Waals surface area contributed by atoms with Gasteiger partial charge in [0.05, 0.1) is 12.0 Å². The van der Waals surface area contributed by atoms with Crippen molar-refractivity contribution in [3.05, 3.63) is 65.2 Å². The van der Waals surface area contributed by atoms with Gasteiger partial charge in [0.15, 0.2) is 0 Å². The van der Waals surface area contributed by atoms with E-state index in [1.165, 1.54) is 12.1 Å². The monoisotopic (exact) mass is 310 g/mol. The molecule has 0 aromatic heterocycles. The molecule has 2 aromatic carbocycles. The Morgan fingerprint density at radius 3 is 2.48 bits per heavy atom. The number of amides is 2. The zero-order valence-corrected chi connectivity index (χ0v) is 12.1. The molecular formula is C17H14N2O4. The molecule has 0 unspecified atom stereocenters. The molecule has 6 nitrogen and oxygen atoms in total. The van der Waals surface area contributed by atoms with Crippen molar-refractivity contribution < 1.29 is 19.1 Å². The minimum absolute atomic E-state index is 0.0281. The van der Waals surface area contributed by atoms with E-state index in [1.54, 1.807) is 36.4 Å². The summed E-state index contributed by atoms with van der Waals surface area (Å²) < 4.78 is 5.23. The van der Waals surface area contributed by atoms with Gasteiger partial charge in [0.25, 0.3) is 0 Å². The van der Waals surface area contributed by atoms with Crippen molar-refractivity contribution in [1.82, 2.24) is 0 Å². The number of benzene rings is 2. The number of anilines is 1. The molecule has 1 heterocycles. The Balaban J connectivity index is 1.66. The maximum atomic E-state index is 12.1. The Hall–Kier alpha value is -3.15. The number of fused-ring (bicyclic) bond motifs is 1. The first-order valence-electron chi connectivity index (χ1n) is 7.04. The third-order valence-corrected chi connectivity index (χ3v) is 3.60. The smallest absolute Gasteiger partial charge is 0.339 e. The molecule has 2 aromatic rings. The molecule has 0 saturated heterocycles. The molecule has 23 heavy (non-hydrogen) atoms. The van der Waals surface area contributed by atoms with Crippen molar-refractivity contribution in [3.8, 4) is 0 Å². The van der Waals surface area contributed by atoms with E-state index in [-0.39, 0.29) is 12.3 Å². The standard InChI is InChI=1S/C17H14N2O4/c18-16(21)10-5-7-11(8-6-10)19-15(20)9-14-12-3-1-2-4-13(12)17(22)23-14/h1-8,14H,9H2,(H2,18,21)(H,19,20)/t14-/m0/s1. The molecule has 0 bridgehead atoms. The maximum Gasteiger partial charge on any atom is 0.339 e. The predicted molar refractivity (Wildman–Crippen MR) is 82.8 cm³/mol. The molecule has 1 aliphatic heterocycles. The van der Waals surface area contributed by atoms with Crippen LogP contribution in [0.2, 0.25) is 0 Å². The number of nitrogens with one attached hydrogen (secondary N) is 1. The van der Waals surface area contributed by atoms with Crippen molar-refractivity contribution in [2.24, 2.45) is 5.73 Å². The Morgan fingerprint density at radius 1 is 1.09 bits per heavy atom. The van der Waals surface area contributed by atoms with Crippen molar-refractivity contribution in [1.29, 1.82) is 0 Å². The summed E-state index contributed by atoms with van der Waals surface area (Å²) in [4.78, 5) is 34.8. The lowest BCUT2D eigenvalue weighted by molar-refractivity contribution is -0.118. The van der Waals surface area contributed by atoms with Crippen molar-refractivity contribution in [3.63, 3.8) is 0 Å². The largest absolute Gasteiger partial charge is 0.453 e. The van der Waals surface area contributed by atoms with Gasteiger partial charge in [-0.3, -0.25) is 9.59 Å². The normalized spacial score (nSPS) is 15.7. The van der Waals surface area contributed by atoms with E-state index in [0.717, 1.165) is 5.56 Å². The summed E-state index contributed by atoms with van der Waals surface area (Å²) in [7, 11) is 0. The van der Waals surface area contributed by atoms with Gasteiger partial charge in [0.1, 0.15) is 6.10 Å². The Labute approximate surface area is 132 Å². The van der Waals surface area contributed by atoms with E-state index in [4.69, 9.17) is 10.5 Å². The molecule has 0 saturated carbocycles. The fraction of sp³-hybridized carbons (Fsp3) is 0.118. The van der Waals surface area contributed by atoms with Crippen LogP contribution in [0.15, 0.2) is 48.5 Å². The average Bonchev–Trinajstić information content (AvgIpc) is 2.84. The summed E-state index contributed by atoms with van der Waals surface area (Å²) in [6.45, 7) is 0. The van der Waals surface area contributed by atoms with Crippen LogP contribution in [0.5, 0.6) is 0 Å². The summed E-state index contributed by atoms with van der Waals surface area (Å²) in [5, 5.41) is 2.70. The molecule has 116 valence electrons. The SMILES string of the molecule is NC(=O)c1ccc(NC(=O)C[C@@H]2OC(=O)c3ccccc32)cc1. The quantitative estimate of drug-likeness (QED) is 0.844. The number of carbonyl (C=O) groups is 3. The van der Waals surface area contributed by atoms with E-state index >= 15 is 0 Å². The highest BCUT2D eigenvalue weighted by atomic mass is 16.5.